The molecule has 3 aromatic rings. The monoisotopic (exact) mass is 513 g/mol. The van der Waals surface area contributed by atoms with Gasteiger partial charge in [-0.2, -0.15) is 0 Å². The maximum Gasteiger partial charge on any atom is 0.522 e. The summed E-state index contributed by atoms with van der Waals surface area (Å²) in [4.78, 5) is 15.1. The fraction of sp³-hybridized carbons (Fsp3) is 0.400. The van der Waals surface area contributed by atoms with Crippen molar-refractivity contribution >= 4 is 29.2 Å². The number of aryl methyl sites for hydroxylation is 1. The molecule has 2 heterocycles. The second-order valence-corrected chi connectivity index (χ2v) is 8.63. The van der Waals surface area contributed by atoms with E-state index in [2.05, 4.69) is 4.74 Å². The molecule has 1 aliphatic rings. The van der Waals surface area contributed by atoms with Gasteiger partial charge < -0.3 is 15.2 Å². The van der Waals surface area contributed by atoms with Gasteiger partial charge in [-0.25, -0.2) is 4.39 Å². The fourth-order valence-corrected chi connectivity index (χ4v) is 4.75. The third-order valence-corrected chi connectivity index (χ3v) is 6.45. The van der Waals surface area contributed by atoms with Gasteiger partial charge in [0.25, 0.3) is 5.91 Å². The molecule has 35 heavy (non-hydrogen) atoms. The Hall–Kier alpha value is -2.62. The molecule has 1 aromatic heterocycles. The van der Waals surface area contributed by atoms with Crippen molar-refractivity contribution < 1.29 is 27.1 Å². The number of alkyl halides is 3. The summed E-state index contributed by atoms with van der Waals surface area (Å²) in [6.45, 7) is 2.54. The number of hydrogen-bond acceptors (Lipinski definition) is 3. The quantitative estimate of drug-likeness (QED) is 0.441. The number of aromatic nitrogens is 1. The molecule has 10 heteroatoms. The molecule has 1 saturated heterocycles. The molecule has 1 aliphatic heterocycles. The molecule has 0 saturated carbocycles. The van der Waals surface area contributed by atoms with Crippen molar-refractivity contribution in [2.24, 2.45) is 5.73 Å². The van der Waals surface area contributed by atoms with Crippen LogP contribution < -0.4 is 5.73 Å². The van der Waals surface area contributed by atoms with Gasteiger partial charge >= 0.3 is 6.36 Å². The third-order valence-electron chi connectivity index (χ3n) is 6.45. The lowest BCUT2D eigenvalue weighted by atomic mass is 9.88. The van der Waals surface area contributed by atoms with Crippen LogP contribution in [0.3, 0.4) is 0 Å². The first kappa shape index (κ1) is 27.0. The average molecular weight is 514 g/mol. The number of ether oxygens (including phenoxy) is 1. The second-order valence-electron chi connectivity index (χ2n) is 8.63. The number of para-hydroxylation sites is 1. The number of nitrogens with two attached hydrogens (primary N) is 1. The number of halogens is 5. The molecule has 190 valence electrons. The molecule has 4 rings (SSSR count). The lowest BCUT2D eigenvalue weighted by Gasteiger charge is -2.32. The van der Waals surface area contributed by atoms with Crippen LogP contribution in [0.2, 0.25) is 0 Å². The van der Waals surface area contributed by atoms with Crippen LogP contribution in [0.25, 0.3) is 10.9 Å². The summed E-state index contributed by atoms with van der Waals surface area (Å²) in [5, 5.41) is 0.695. The van der Waals surface area contributed by atoms with E-state index in [4.69, 9.17) is 5.73 Å². The summed E-state index contributed by atoms with van der Waals surface area (Å²) in [6.07, 6.45) is -1.86. The van der Waals surface area contributed by atoms with Crippen molar-refractivity contribution in [3.05, 3.63) is 70.7 Å². The van der Waals surface area contributed by atoms with E-state index in [1.54, 1.807) is 33.9 Å². The van der Waals surface area contributed by atoms with Gasteiger partial charge in [0.2, 0.25) is 0 Å². The Morgan fingerprint density at radius 2 is 1.89 bits per heavy atom. The number of piperidine rings is 1. The molecule has 2 N–H and O–H groups in total. The van der Waals surface area contributed by atoms with E-state index < -0.39 is 13.0 Å². The summed E-state index contributed by atoms with van der Waals surface area (Å²) in [6, 6.07) is 10.4. The standard InChI is InChI=1S/C25H27F4N3O2.ClH/c1-16-3-2-4-19-21(15-32(23(16)19)11-12-34-25(27,28)29)24(33)31-9-7-18(8-10-31)20-13-17(14-30)5-6-22(20)26;/h2-6,13,15,18H,7-12,14,30H2,1H3;1H. The Bertz CT molecular complexity index is 1190. The minimum absolute atomic E-state index is 0. The van der Waals surface area contributed by atoms with E-state index >= 15 is 0 Å². The predicted octanol–water partition coefficient (Wildman–Crippen LogP) is 5.53. The minimum Gasteiger partial charge on any atom is -0.344 e. The Morgan fingerprint density at radius 1 is 1.17 bits per heavy atom. The lowest BCUT2D eigenvalue weighted by Crippen LogP contribution is -2.38. The van der Waals surface area contributed by atoms with Crippen molar-refractivity contribution in [3.8, 4) is 0 Å². The second kappa shape index (κ2) is 11.0. The summed E-state index contributed by atoms with van der Waals surface area (Å²) in [5.41, 5.74) is 9.21. The first-order valence-electron chi connectivity index (χ1n) is 11.2. The Kier molecular flexibility index (Phi) is 8.46. The number of benzene rings is 2. The van der Waals surface area contributed by atoms with E-state index in [0.717, 1.165) is 11.1 Å². The van der Waals surface area contributed by atoms with Gasteiger partial charge in [0.05, 0.1) is 17.7 Å². The first-order valence-corrected chi connectivity index (χ1v) is 11.2. The van der Waals surface area contributed by atoms with Crippen LogP contribution in [0.1, 0.15) is 45.8 Å². The van der Waals surface area contributed by atoms with Gasteiger partial charge in [-0.1, -0.05) is 30.3 Å². The summed E-state index contributed by atoms with van der Waals surface area (Å²) in [5.74, 6) is -0.444. The van der Waals surface area contributed by atoms with Gasteiger partial charge in [-0.3, -0.25) is 9.53 Å². The normalized spacial score (nSPS) is 14.9. The highest BCUT2D eigenvalue weighted by Gasteiger charge is 2.30. The fourth-order valence-electron chi connectivity index (χ4n) is 4.75. The van der Waals surface area contributed by atoms with E-state index in [-0.39, 0.29) is 36.6 Å². The predicted molar refractivity (Wildman–Crippen MR) is 128 cm³/mol. The zero-order valence-electron chi connectivity index (χ0n) is 19.3. The smallest absolute Gasteiger partial charge is 0.344 e. The number of rotatable bonds is 6. The number of fused-ring (bicyclic) bond motifs is 1. The van der Waals surface area contributed by atoms with Crippen molar-refractivity contribution in [1.82, 2.24) is 9.47 Å². The Labute approximate surface area is 207 Å². The zero-order valence-corrected chi connectivity index (χ0v) is 20.1. The van der Waals surface area contributed by atoms with Gasteiger partial charge in [0.15, 0.2) is 0 Å². The van der Waals surface area contributed by atoms with Crippen molar-refractivity contribution in [2.45, 2.75) is 45.1 Å². The molecular weight excluding hydrogens is 486 g/mol. The van der Waals surface area contributed by atoms with Crippen LogP contribution in [-0.4, -0.2) is 41.4 Å². The maximum absolute atomic E-state index is 14.4. The number of hydrogen-bond donors (Lipinski definition) is 1. The van der Waals surface area contributed by atoms with Gasteiger partial charge in [-0.15, -0.1) is 25.6 Å². The van der Waals surface area contributed by atoms with Crippen LogP contribution in [0.15, 0.2) is 42.6 Å². The molecule has 0 unspecified atom stereocenters. The van der Waals surface area contributed by atoms with Crippen molar-refractivity contribution in [1.29, 1.82) is 0 Å². The highest BCUT2D eigenvalue weighted by molar-refractivity contribution is 6.07. The van der Waals surface area contributed by atoms with Gasteiger partial charge in [-0.05, 0) is 48.4 Å². The number of likely N-dealkylation sites (tertiary alicyclic amines) is 1. The Morgan fingerprint density at radius 3 is 2.54 bits per heavy atom. The van der Waals surface area contributed by atoms with Gasteiger partial charge in [0.1, 0.15) is 5.82 Å². The molecule has 1 fully saturated rings. The van der Waals surface area contributed by atoms with E-state index in [1.165, 1.54) is 6.07 Å². The molecule has 0 bridgehead atoms. The summed E-state index contributed by atoms with van der Waals surface area (Å²) in [7, 11) is 0. The topological polar surface area (TPSA) is 60.5 Å². The lowest BCUT2D eigenvalue weighted by molar-refractivity contribution is -0.325. The highest BCUT2D eigenvalue weighted by atomic mass is 35.5. The number of carbonyl (C=O) groups is 1. The number of amides is 1. The third kappa shape index (κ3) is 5.97. The molecule has 0 atom stereocenters. The van der Waals surface area contributed by atoms with Gasteiger partial charge in [0, 0.05) is 37.8 Å². The first-order chi connectivity index (χ1) is 16.2. The van der Waals surface area contributed by atoms with Crippen LogP contribution in [0, 0.1) is 12.7 Å². The van der Waals surface area contributed by atoms with Crippen LogP contribution >= 0.6 is 12.4 Å². The molecular formula is C25H28ClF4N3O2. The van der Waals surface area contributed by atoms with E-state index in [9.17, 15) is 22.4 Å². The largest absolute Gasteiger partial charge is 0.522 e. The number of carbonyl (C=O) groups excluding carboxylic acids is 1. The van der Waals surface area contributed by atoms with E-state index in [1.807, 2.05) is 19.1 Å². The molecule has 1 amide bonds. The highest BCUT2D eigenvalue weighted by Crippen LogP contribution is 2.32. The average Bonchev–Trinajstić information content (AvgIpc) is 3.18. The molecule has 0 aliphatic carbocycles. The molecule has 2 aromatic carbocycles. The summed E-state index contributed by atoms with van der Waals surface area (Å²) < 4.78 is 57.3. The van der Waals surface area contributed by atoms with Crippen molar-refractivity contribution in [2.75, 3.05) is 19.7 Å². The molecule has 5 nitrogen and oxygen atoms in total. The van der Waals surface area contributed by atoms with Crippen LogP contribution in [-0.2, 0) is 17.8 Å². The van der Waals surface area contributed by atoms with Crippen molar-refractivity contribution in [3.63, 3.8) is 0 Å². The molecule has 0 spiro atoms. The number of nitrogens with zero attached hydrogens (tertiary/aromatic N) is 2. The van der Waals surface area contributed by atoms with E-state index in [0.29, 0.717) is 54.5 Å². The molecule has 0 radical (unpaired) electrons. The maximum atomic E-state index is 14.4. The summed E-state index contributed by atoms with van der Waals surface area (Å²) >= 11 is 0. The van der Waals surface area contributed by atoms with Crippen LogP contribution in [0.5, 0.6) is 0 Å². The van der Waals surface area contributed by atoms with Crippen LogP contribution in [0.4, 0.5) is 17.6 Å². The minimum atomic E-state index is -4.70. The Balaban J connectivity index is 0.00000342. The SMILES string of the molecule is Cc1cccc2c(C(=O)N3CCC(c4cc(CN)ccc4F)CC3)cn(CCOC(F)(F)F)c12.Cl. The zero-order chi connectivity index (χ0) is 24.5.